The Morgan fingerprint density at radius 3 is 2.50 bits per heavy atom. The average Bonchev–Trinajstić information content (AvgIpc) is 3.52. The molecule has 6 nitrogen and oxygen atoms in total. The van der Waals surface area contributed by atoms with E-state index < -0.39 is 35.8 Å². The lowest BCUT2D eigenvalue weighted by molar-refractivity contribution is -0.143. The number of rotatable bonds is 4. The van der Waals surface area contributed by atoms with Crippen LogP contribution >= 0.6 is 11.8 Å². The second kappa shape index (κ2) is 9.95. The van der Waals surface area contributed by atoms with Crippen LogP contribution in [0, 0.1) is 5.92 Å². The number of nitrogens with one attached hydrogen (secondary N) is 2. The quantitative estimate of drug-likeness (QED) is 0.299. The van der Waals surface area contributed by atoms with Crippen LogP contribution in [-0.4, -0.2) is 51.8 Å². The fourth-order valence-corrected chi connectivity index (χ4v) is 6.63. The number of carbonyl (C=O) groups is 1. The average molecular weight is 580 g/mol. The molecule has 4 aliphatic rings. The molecule has 2 bridgehead atoms. The van der Waals surface area contributed by atoms with Crippen LogP contribution in [0.1, 0.15) is 35.1 Å². The first-order valence-electron chi connectivity index (χ1n) is 12.7. The van der Waals surface area contributed by atoms with Crippen molar-refractivity contribution in [1.82, 2.24) is 20.4 Å². The SMILES string of the molecule is O=C1N=C(N[C@@H]2CN3CCC2CC3)SC1=C(Cc1ccc(C(F)(F)F)cc1C(F)(F)F)c1ccc2[nH]ncc2c1. The van der Waals surface area contributed by atoms with Crippen LogP contribution < -0.4 is 5.32 Å². The number of fused-ring (bicyclic) bond motifs is 4. The monoisotopic (exact) mass is 579 g/mol. The van der Waals surface area contributed by atoms with Crippen LogP contribution in [-0.2, 0) is 23.6 Å². The van der Waals surface area contributed by atoms with Gasteiger partial charge in [0.15, 0.2) is 5.17 Å². The fraction of sp³-hybridized carbons (Fsp3) is 0.370. The highest BCUT2D eigenvalue weighted by Gasteiger charge is 2.39. The predicted octanol–water partition coefficient (Wildman–Crippen LogP) is 5.87. The van der Waals surface area contributed by atoms with Gasteiger partial charge in [0.2, 0.25) is 0 Å². The Bertz CT molecular complexity index is 1530. The standard InChI is InChI=1S/C27H23F6N5OS/c28-26(29,30)18-3-1-16(20(11-18)27(31,32)33)10-19(15-2-4-21-17(9-15)12-34-37-21)23-24(39)36-25(40-23)35-22-13-38-7-5-14(22)6-8-38/h1-4,9,11-12,14,22H,5-8,10,13H2,(H,34,37)(H,35,36,39)/t22-/m1/s1. The van der Waals surface area contributed by atoms with Crippen molar-refractivity contribution in [3.8, 4) is 0 Å². The lowest BCUT2D eigenvalue weighted by Gasteiger charge is -2.45. The molecular formula is C27H23F6N5OS. The van der Waals surface area contributed by atoms with Gasteiger partial charge in [-0.15, -0.1) is 0 Å². The molecule has 0 spiro atoms. The smallest absolute Gasteiger partial charge is 0.360 e. The number of aromatic amines is 1. The van der Waals surface area contributed by atoms with Crippen molar-refractivity contribution in [3.63, 3.8) is 0 Å². The first-order valence-corrected chi connectivity index (χ1v) is 13.5. The Morgan fingerprint density at radius 1 is 1.05 bits per heavy atom. The third-order valence-electron chi connectivity index (χ3n) is 7.73. The van der Waals surface area contributed by atoms with Crippen molar-refractivity contribution < 1.29 is 31.1 Å². The van der Waals surface area contributed by atoms with Gasteiger partial charge in [0.25, 0.3) is 5.91 Å². The molecule has 13 heteroatoms. The van der Waals surface area contributed by atoms with E-state index in [2.05, 4.69) is 25.4 Å². The molecule has 1 amide bonds. The summed E-state index contributed by atoms with van der Waals surface area (Å²) in [7, 11) is 0. The lowest BCUT2D eigenvalue weighted by atomic mass is 9.84. The fourth-order valence-electron chi connectivity index (χ4n) is 5.65. The highest BCUT2D eigenvalue weighted by atomic mass is 32.2. The molecule has 7 rings (SSSR count). The molecule has 3 aromatic rings. The number of carbonyl (C=O) groups excluding carboxylic acids is 1. The highest BCUT2D eigenvalue weighted by Crippen LogP contribution is 2.41. The Morgan fingerprint density at radius 2 is 1.82 bits per heavy atom. The molecule has 0 unspecified atom stereocenters. The van der Waals surface area contributed by atoms with Gasteiger partial charge in [-0.1, -0.05) is 12.1 Å². The Hall–Kier alpha value is -3.32. The van der Waals surface area contributed by atoms with E-state index in [9.17, 15) is 31.1 Å². The zero-order valence-electron chi connectivity index (χ0n) is 20.9. The molecule has 3 fully saturated rings. The number of hydrogen-bond acceptors (Lipinski definition) is 5. The predicted molar refractivity (Wildman–Crippen MR) is 139 cm³/mol. The number of H-pyrrole nitrogens is 1. The molecule has 4 aliphatic heterocycles. The Labute approximate surface area is 228 Å². The maximum Gasteiger partial charge on any atom is 0.416 e. The number of amides is 1. The summed E-state index contributed by atoms with van der Waals surface area (Å²) in [6.07, 6.45) is -6.78. The lowest BCUT2D eigenvalue weighted by Crippen LogP contribution is -2.56. The third kappa shape index (κ3) is 5.24. The van der Waals surface area contributed by atoms with Gasteiger partial charge >= 0.3 is 12.4 Å². The maximum absolute atomic E-state index is 14.0. The number of allylic oxidation sites excluding steroid dienone is 1. The topological polar surface area (TPSA) is 73.4 Å². The van der Waals surface area contributed by atoms with Crippen molar-refractivity contribution in [2.24, 2.45) is 10.9 Å². The van der Waals surface area contributed by atoms with Gasteiger partial charge in [-0.05, 0) is 91.0 Å². The second-order valence-corrected chi connectivity index (χ2v) is 11.2. The normalized spacial score (nSPS) is 24.5. The van der Waals surface area contributed by atoms with E-state index in [1.807, 2.05) is 0 Å². The summed E-state index contributed by atoms with van der Waals surface area (Å²) in [4.78, 5) is 19.8. The van der Waals surface area contributed by atoms with Crippen molar-refractivity contribution in [1.29, 1.82) is 0 Å². The number of aromatic nitrogens is 2. The molecule has 2 aromatic carbocycles. The van der Waals surface area contributed by atoms with E-state index in [4.69, 9.17) is 0 Å². The van der Waals surface area contributed by atoms with Crippen LogP contribution in [0.3, 0.4) is 0 Å². The van der Waals surface area contributed by atoms with Gasteiger partial charge in [0, 0.05) is 18.0 Å². The van der Waals surface area contributed by atoms with E-state index in [0.717, 1.165) is 50.3 Å². The van der Waals surface area contributed by atoms with Gasteiger partial charge < -0.3 is 10.2 Å². The third-order valence-corrected chi connectivity index (χ3v) is 8.76. The van der Waals surface area contributed by atoms with Crippen LogP contribution in [0.2, 0.25) is 0 Å². The molecule has 210 valence electrons. The summed E-state index contributed by atoms with van der Waals surface area (Å²) < 4.78 is 81.7. The van der Waals surface area contributed by atoms with E-state index in [-0.39, 0.29) is 28.1 Å². The Kier molecular flexibility index (Phi) is 6.68. The number of piperidine rings is 3. The van der Waals surface area contributed by atoms with E-state index >= 15 is 0 Å². The largest absolute Gasteiger partial charge is 0.416 e. The maximum atomic E-state index is 14.0. The van der Waals surface area contributed by atoms with E-state index in [0.29, 0.717) is 33.6 Å². The summed E-state index contributed by atoms with van der Waals surface area (Å²) in [5.41, 5.74) is -1.77. The van der Waals surface area contributed by atoms with Crippen molar-refractivity contribution in [2.45, 2.75) is 37.7 Å². The van der Waals surface area contributed by atoms with Crippen molar-refractivity contribution >= 4 is 39.3 Å². The molecule has 40 heavy (non-hydrogen) atoms. The first-order chi connectivity index (χ1) is 19.0. The molecule has 1 aromatic heterocycles. The summed E-state index contributed by atoms with van der Waals surface area (Å²) in [6, 6.07) is 6.72. The summed E-state index contributed by atoms with van der Waals surface area (Å²) in [5.74, 6) is -0.155. The van der Waals surface area contributed by atoms with Crippen LogP contribution in [0.4, 0.5) is 26.3 Å². The molecule has 1 atom stereocenters. The van der Waals surface area contributed by atoms with Gasteiger partial charge in [-0.25, -0.2) is 0 Å². The van der Waals surface area contributed by atoms with E-state index in [1.54, 1.807) is 24.4 Å². The van der Waals surface area contributed by atoms with Crippen LogP contribution in [0.25, 0.3) is 16.5 Å². The minimum absolute atomic E-state index is 0.110. The van der Waals surface area contributed by atoms with Crippen LogP contribution in [0.5, 0.6) is 0 Å². The minimum Gasteiger partial charge on any atom is -0.360 e. The van der Waals surface area contributed by atoms with Gasteiger partial charge in [0.05, 0.1) is 27.7 Å². The minimum atomic E-state index is -5.04. The van der Waals surface area contributed by atoms with Crippen molar-refractivity contribution in [2.75, 3.05) is 19.6 Å². The zero-order chi connectivity index (χ0) is 28.2. The Balaban J connectivity index is 1.39. The molecule has 5 heterocycles. The molecule has 3 saturated heterocycles. The highest BCUT2D eigenvalue weighted by molar-refractivity contribution is 8.18. The summed E-state index contributed by atoms with van der Waals surface area (Å²) in [5, 5.41) is 11.2. The van der Waals surface area contributed by atoms with Gasteiger partial charge in [-0.2, -0.15) is 36.4 Å². The molecule has 0 aliphatic carbocycles. The van der Waals surface area contributed by atoms with Gasteiger partial charge in [0.1, 0.15) is 0 Å². The summed E-state index contributed by atoms with van der Waals surface area (Å²) in [6.45, 7) is 2.88. The molecular weight excluding hydrogens is 556 g/mol. The van der Waals surface area contributed by atoms with E-state index in [1.165, 1.54) is 0 Å². The summed E-state index contributed by atoms with van der Waals surface area (Å²) >= 11 is 1.06. The number of thioether (sulfide) groups is 1. The number of benzene rings is 2. The second-order valence-electron chi connectivity index (χ2n) is 10.2. The molecule has 2 N–H and O–H groups in total. The molecule has 0 radical (unpaired) electrons. The van der Waals surface area contributed by atoms with Crippen LogP contribution in [0.15, 0.2) is 52.5 Å². The number of nitrogens with zero attached hydrogens (tertiary/aromatic N) is 3. The number of halogens is 6. The number of aliphatic imine (C=N–C) groups is 1. The zero-order valence-corrected chi connectivity index (χ0v) is 21.7. The van der Waals surface area contributed by atoms with Gasteiger partial charge in [-0.3, -0.25) is 9.89 Å². The number of hydrogen-bond donors (Lipinski definition) is 2. The molecule has 0 saturated carbocycles. The number of amidine groups is 1. The van der Waals surface area contributed by atoms with Crippen molar-refractivity contribution in [3.05, 3.63) is 69.8 Å². The first kappa shape index (κ1) is 26.9. The number of alkyl halides is 6.